The van der Waals surface area contributed by atoms with Crippen LogP contribution in [0.5, 0.6) is 0 Å². The molecule has 112 valence electrons. The average Bonchev–Trinajstić information content (AvgIpc) is 2.93. The highest BCUT2D eigenvalue weighted by atomic mass is 32.1. The molecule has 5 nitrogen and oxygen atoms in total. The van der Waals surface area contributed by atoms with Crippen molar-refractivity contribution in [2.24, 2.45) is 10.9 Å². The number of amides is 1. The molecule has 1 aromatic rings. The van der Waals surface area contributed by atoms with Crippen LogP contribution in [0.1, 0.15) is 25.6 Å². The van der Waals surface area contributed by atoms with Crippen molar-refractivity contribution in [2.45, 2.75) is 27.3 Å². The highest BCUT2D eigenvalue weighted by molar-refractivity contribution is 7.09. The fourth-order valence-electron chi connectivity index (χ4n) is 1.47. The van der Waals surface area contributed by atoms with E-state index in [2.05, 4.69) is 27.0 Å². The van der Waals surface area contributed by atoms with E-state index in [0.29, 0.717) is 19.6 Å². The van der Waals surface area contributed by atoms with Crippen LogP contribution >= 0.6 is 11.3 Å². The lowest BCUT2D eigenvalue weighted by atomic mass is 10.2. The van der Waals surface area contributed by atoms with E-state index in [4.69, 9.17) is 0 Å². The number of carbonyl (C=O) groups is 1. The van der Waals surface area contributed by atoms with Crippen LogP contribution in [0.25, 0.3) is 0 Å². The van der Waals surface area contributed by atoms with Gasteiger partial charge < -0.3 is 16.0 Å². The maximum absolute atomic E-state index is 11.4. The quantitative estimate of drug-likeness (QED) is 0.406. The Morgan fingerprint density at radius 2 is 2.05 bits per heavy atom. The summed E-state index contributed by atoms with van der Waals surface area (Å²) in [7, 11) is 0. The fourth-order valence-corrected chi connectivity index (χ4v) is 2.10. The highest BCUT2D eigenvalue weighted by Crippen LogP contribution is 2.09. The van der Waals surface area contributed by atoms with Gasteiger partial charge in [-0.2, -0.15) is 0 Å². The highest BCUT2D eigenvalue weighted by Gasteiger charge is 2.05. The number of aliphatic imine (C=N–C) groups is 1. The predicted molar refractivity (Wildman–Crippen MR) is 85.0 cm³/mol. The summed E-state index contributed by atoms with van der Waals surface area (Å²) in [6.45, 7) is 8.54. The molecular weight excluding hydrogens is 272 g/mol. The van der Waals surface area contributed by atoms with Crippen molar-refractivity contribution in [3.8, 4) is 0 Å². The first-order chi connectivity index (χ1) is 9.63. The predicted octanol–water partition coefficient (Wildman–Crippen LogP) is 1.58. The number of hydrogen-bond acceptors (Lipinski definition) is 3. The average molecular weight is 296 g/mol. The van der Waals surface area contributed by atoms with Gasteiger partial charge in [-0.3, -0.25) is 4.79 Å². The maximum atomic E-state index is 11.4. The molecule has 0 aliphatic rings. The summed E-state index contributed by atoms with van der Waals surface area (Å²) in [5.41, 5.74) is 0. The van der Waals surface area contributed by atoms with Gasteiger partial charge in [-0.1, -0.05) is 19.9 Å². The van der Waals surface area contributed by atoms with E-state index in [0.717, 1.165) is 12.5 Å². The molecule has 0 aliphatic heterocycles. The van der Waals surface area contributed by atoms with Crippen molar-refractivity contribution >= 4 is 23.2 Å². The lowest BCUT2D eigenvalue weighted by Crippen LogP contribution is -2.42. The van der Waals surface area contributed by atoms with Crippen LogP contribution < -0.4 is 16.0 Å². The van der Waals surface area contributed by atoms with Crippen LogP contribution in [0.15, 0.2) is 22.5 Å². The van der Waals surface area contributed by atoms with Crippen molar-refractivity contribution in [1.82, 2.24) is 16.0 Å². The van der Waals surface area contributed by atoms with E-state index in [9.17, 15) is 4.79 Å². The SMILES string of the molecule is CCNC(=NCc1cccs1)NCCNC(=O)C(C)C. The molecule has 0 radical (unpaired) electrons. The molecule has 0 fully saturated rings. The Balaban J connectivity index is 2.31. The summed E-state index contributed by atoms with van der Waals surface area (Å²) in [4.78, 5) is 17.1. The lowest BCUT2D eigenvalue weighted by molar-refractivity contribution is -0.123. The summed E-state index contributed by atoms with van der Waals surface area (Å²) in [6, 6.07) is 4.10. The minimum absolute atomic E-state index is 0.0238. The molecule has 0 aliphatic carbocycles. The summed E-state index contributed by atoms with van der Waals surface area (Å²) >= 11 is 1.70. The molecule has 0 unspecified atom stereocenters. The standard InChI is InChI=1S/C14H24N4OS/c1-4-15-14(18-10-12-6-5-9-20-12)17-8-7-16-13(19)11(2)3/h5-6,9,11H,4,7-8,10H2,1-3H3,(H,16,19)(H2,15,17,18). The van der Waals surface area contributed by atoms with Crippen LogP contribution in [0.4, 0.5) is 0 Å². The van der Waals surface area contributed by atoms with Crippen LogP contribution in [0, 0.1) is 5.92 Å². The van der Waals surface area contributed by atoms with Crippen LogP contribution in [0.2, 0.25) is 0 Å². The minimum Gasteiger partial charge on any atom is -0.357 e. The Bertz CT molecular complexity index is 415. The molecule has 0 aromatic carbocycles. The second-order valence-electron chi connectivity index (χ2n) is 4.65. The van der Waals surface area contributed by atoms with Crippen molar-refractivity contribution in [1.29, 1.82) is 0 Å². The molecule has 3 N–H and O–H groups in total. The van der Waals surface area contributed by atoms with Crippen molar-refractivity contribution in [3.63, 3.8) is 0 Å². The molecule has 1 amide bonds. The fraction of sp³-hybridized carbons (Fsp3) is 0.571. The topological polar surface area (TPSA) is 65.5 Å². The third kappa shape index (κ3) is 6.56. The Labute approximate surface area is 124 Å². The molecule has 1 rings (SSSR count). The summed E-state index contributed by atoms with van der Waals surface area (Å²) in [5, 5.41) is 11.3. The molecule has 0 saturated heterocycles. The van der Waals surface area contributed by atoms with Gasteiger partial charge in [-0.05, 0) is 18.4 Å². The molecule has 1 aromatic heterocycles. The third-order valence-corrected chi connectivity index (χ3v) is 3.42. The van der Waals surface area contributed by atoms with E-state index in [1.807, 2.05) is 32.2 Å². The second-order valence-corrected chi connectivity index (χ2v) is 5.68. The van der Waals surface area contributed by atoms with Crippen molar-refractivity contribution < 1.29 is 4.79 Å². The van der Waals surface area contributed by atoms with Gasteiger partial charge in [0.05, 0.1) is 6.54 Å². The van der Waals surface area contributed by atoms with E-state index in [-0.39, 0.29) is 11.8 Å². The number of nitrogens with zero attached hydrogens (tertiary/aromatic N) is 1. The Kier molecular flexibility index (Phi) is 7.72. The van der Waals surface area contributed by atoms with Crippen molar-refractivity contribution in [3.05, 3.63) is 22.4 Å². The first kappa shape index (κ1) is 16.5. The zero-order valence-corrected chi connectivity index (χ0v) is 13.2. The van der Waals surface area contributed by atoms with Gasteiger partial charge in [-0.15, -0.1) is 11.3 Å². The lowest BCUT2D eigenvalue weighted by Gasteiger charge is -2.12. The van der Waals surface area contributed by atoms with Gasteiger partial charge in [-0.25, -0.2) is 4.99 Å². The molecule has 1 heterocycles. The smallest absolute Gasteiger partial charge is 0.222 e. The molecule has 6 heteroatoms. The van der Waals surface area contributed by atoms with E-state index in [1.54, 1.807) is 11.3 Å². The Morgan fingerprint density at radius 3 is 2.65 bits per heavy atom. The first-order valence-corrected chi connectivity index (χ1v) is 7.83. The number of hydrogen-bond donors (Lipinski definition) is 3. The minimum atomic E-state index is 0.0238. The number of nitrogens with one attached hydrogen (secondary N) is 3. The van der Waals surface area contributed by atoms with Crippen LogP contribution in [-0.4, -0.2) is 31.5 Å². The normalized spacial score (nSPS) is 11.5. The van der Waals surface area contributed by atoms with Crippen molar-refractivity contribution in [2.75, 3.05) is 19.6 Å². The zero-order chi connectivity index (χ0) is 14.8. The molecule has 0 spiro atoms. The molecule has 0 saturated carbocycles. The van der Waals surface area contributed by atoms with E-state index >= 15 is 0 Å². The largest absolute Gasteiger partial charge is 0.357 e. The van der Waals surface area contributed by atoms with Crippen LogP contribution in [-0.2, 0) is 11.3 Å². The third-order valence-electron chi connectivity index (χ3n) is 2.56. The van der Waals surface area contributed by atoms with Gasteiger partial charge in [0, 0.05) is 30.4 Å². The number of rotatable bonds is 7. The van der Waals surface area contributed by atoms with Gasteiger partial charge in [0.15, 0.2) is 5.96 Å². The Morgan fingerprint density at radius 1 is 1.30 bits per heavy atom. The number of thiophene rings is 1. The Hall–Kier alpha value is -1.56. The monoisotopic (exact) mass is 296 g/mol. The van der Waals surface area contributed by atoms with Gasteiger partial charge >= 0.3 is 0 Å². The second kappa shape index (κ2) is 9.36. The van der Waals surface area contributed by atoms with Crippen LogP contribution in [0.3, 0.4) is 0 Å². The molecule has 0 atom stereocenters. The summed E-state index contributed by atoms with van der Waals surface area (Å²) in [5.74, 6) is 0.878. The first-order valence-electron chi connectivity index (χ1n) is 6.95. The molecule has 20 heavy (non-hydrogen) atoms. The van der Waals surface area contributed by atoms with Gasteiger partial charge in [0.2, 0.25) is 5.91 Å². The van der Waals surface area contributed by atoms with Gasteiger partial charge in [0.1, 0.15) is 0 Å². The van der Waals surface area contributed by atoms with E-state index < -0.39 is 0 Å². The zero-order valence-electron chi connectivity index (χ0n) is 12.4. The maximum Gasteiger partial charge on any atom is 0.222 e. The number of guanidine groups is 1. The summed E-state index contributed by atoms with van der Waals surface area (Å²) in [6.07, 6.45) is 0. The summed E-state index contributed by atoms with van der Waals surface area (Å²) < 4.78 is 0. The number of carbonyl (C=O) groups excluding carboxylic acids is 1. The molecule has 0 bridgehead atoms. The molecular formula is C14H24N4OS. The van der Waals surface area contributed by atoms with Gasteiger partial charge in [0.25, 0.3) is 0 Å². The van der Waals surface area contributed by atoms with E-state index in [1.165, 1.54) is 4.88 Å².